The lowest BCUT2D eigenvalue weighted by molar-refractivity contribution is -0.122. The summed E-state index contributed by atoms with van der Waals surface area (Å²) < 4.78 is 0. The summed E-state index contributed by atoms with van der Waals surface area (Å²) in [4.78, 5) is 11.8. The minimum atomic E-state index is 0.187. The Balaban J connectivity index is 1.69. The number of rotatable bonds is 4. The lowest BCUT2D eigenvalue weighted by Crippen LogP contribution is -2.30. The summed E-state index contributed by atoms with van der Waals surface area (Å²) in [7, 11) is 0. The van der Waals surface area contributed by atoms with E-state index in [4.69, 9.17) is 5.73 Å². The second-order valence-corrected chi connectivity index (χ2v) is 5.19. The van der Waals surface area contributed by atoms with Crippen LogP contribution < -0.4 is 11.1 Å². The maximum atomic E-state index is 11.8. The molecule has 0 bridgehead atoms. The molecule has 15 heavy (non-hydrogen) atoms. The quantitative estimate of drug-likeness (QED) is 0.734. The molecular formula is C12H22N2O. The van der Waals surface area contributed by atoms with Crippen molar-refractivity contribution in [2.24, 2.45) is 23.5 Å². The van der Waals surface area contributed by atoms with Crippen LogP contribution in [0.1, 0.15) is 39.0 Å². The fourth-order valence-electron chi connectivity index (χ4n) is 2.92. The summed E-state index contributed by atoms with van der Waals surface area (Å²) in [6, 6.07) is 0.187. The Morgan fingerprint density at radius 3 is 2.53 bits per heavy atom. The van der Waals surface area contributed by atoms with Gasteiger partial charge in [0.05, 0.1) is 0 Å². The number of hydrogen-bond acceptors (Lipinski definition) is 2. The van der Waals surface area contributed by atoms with Gasteiger partial charge in [0.2, 0.25) is 5.91 Å². The summed E-state index contributed by atoms with van der Waals surface area (Å²) in [6.45, 7) is 2.72. The van der Waals surface area contributed by atoms with Gasteiger partial charge in [0.25, 0.3) is 0 Å². The van der Waals surface area contributed by atoms with Crippen LogP contribution in [0, 0.1) is 17.8 Å². The Bertz CT molecular complexity index is 228. The van der Waals surface area contributed by atoms with E-state index >= 15 is 0 Å². The first-order valence-corrected chi connectivity index (χ1v) is 6.23. The molecule has 3 unspecified atom stereocenters. The highest BCUT2D eigenvalue weighted by Gasteiger charge is 2.54. The molecule has 0 saturated heterocycles. The van der Waals surface area contributed by atoms with Crippen LogP contribution in [0.4, 0.5) is 0 Å². The first-order chi connectivity index (χ1) is 7.20. The fourth-order valence-corrected chi connectivity index (χ4v) is 2.92. The molecular weight excluding hydrogens is 188 g/mol. The van der Waals surface area contributed by atoms with E-state index in [-0.39, 0.29) is 11.9 Å². The molecule has 0 aliphatic heterocycles. The summed E-state index contributed by atoms with van der Waals surface area (Å²) in [5.41, 5.74) is 5.64. The number of amides is 1. The van der Waals surface area contributed by atoms with Crippen molar-refractivity contribution < 1.29 is 4.79 Å². The van der Waals surface area contributed by atoms with E-state index in [1.807, 2.05) is 6.92 Å². The van der Waals surface area contributed by atoms with Crippen molar-refractivity contribution in [3.63, 3.8) is 0 Å². The van der Waals surface area contributed by atoms with Gasteiger partial charge in [-0.1, -0.05) is 12.8 Å². The van der Waals surface area contributed by atoms with E-state index < -0.39 is 0 Å². The number of carbonyl (C=O) groups is 1. The fraction of sp³-hybridized carbons (Fsp3) is 0.917. The smallest absolute Gasteiger partial charge is 0.223 e. The maximum absolute atomic E-state index is 11.8. The molecule has 0 aromatic rings. The summed E-state index contributed by atoms with van der Waals surface area (Å²) in [6.07, 6.45) is 6.08. The Hall–Kier alpha value is -0.570. The first kappa shape index (κ1) is 10.9. The first-order valence-electron chi connectivity index (χ1n) is 6.23. The molecule has 0 radical (unpaired) electrons. The van der Waals surface area contributed by atoms with Gasteiger partial charge in [-0.05, 0) is 38.0 Å². The number of nitrogens with one attached hydrogen (secondary N) is 1. The topological polar surface area (TPSA) is 55.1 Å². The molecule has 1 amide bonds. The molecule has 2 aliphatic carbocycles. The third-order valence-corrected chi connectivity index (χ3v) is 3.86. The summed E-state index contributed by atoms with van der Waals surface area (Å²) in [5.74, 6) is 2.07. The van der Waals surface area contributed by atoms with E-state index in [0.29, 0.717) is 17.8 Å². The van der Waals surface area contributed by atoms with Gasteiger partial charge in [-0.15, -0.1) is 0 Å². The van der Waals surface area contributed by atoms with Crippen molar-refractivity contribution in [3.05, 3.63) is 0 Å². The SMILES string of the molecule is CC(N)CCNC(=O)C1C2CCCCC21. The number of carbonyl (C=O) groups excluding carboxylic acids is 1. The van der Waals surface area contributed by atoms with E-state index in [9.17, 15) is 4.79 Å². The zero-order valence-electron chi connectivity index (χ0n) is 9.54. The molecule has 0 aromatic carbocycles. The van der Waals surface area contributed by atoms with Crippen molar-refractivity contribution in [2.45, 2.75) is 45.1 Å². The predicted octanol–water partition coefficient (Wildman–Crippen LogP) is 1.28. The van der Waals surface area contributed by atoms with Crippen molar-refractivity contribution in [1.29, 1.82) is 0 Å². The van der Waals surface area contributed by atoms with Gasteiger partial charge in [0, 0.05) is 18.5 Å². The Labute approximate surface area is 91.8 Å². The third-order valence-electron chi connectivity index (χ3n) is 3.86. The molecule has 2 aliphatic rings. The van der Waals surface area contributed by atoms with Gasteiger partial charge in [-0.25, -0.2) is 0 Å². The maximum Gasteiger partial charge on any atom is 0.223 e. The van der Waals surface area contributed by atoms with Crippen LogP contribution in [0.5, 0.6) is 0 Å². The second-order valence-electron chi connectivity index (χ2n) is 5.19. The molecule has 0 heterocycles. The predicted molar refractivity (Wildman–Crippen MR) is 60.2 cm³/mol. The lowest BCUT2D eigenvalue weighted by atomic mass is 10.0. The van der Waals surface area contributed by atoms with Gasteiger partial charge in [-0.2, -0.15) is 0 Å². The van der Waals surface area contributed by atoms with Crippen molar-refractivity contribution >= 4 is 5.91 Å². The largest absolute Gasteiger partial charge is 0.356 e. The van der Waals surface area contributed by atoms with Crippen molar-refractivity contribution in [2.75, 3.05) is 6.54 Å². The van der Waals surface area contributed by atoms with Gasteiger partial charge >= 0.3 is 0 Å². The second kappa shape index (κ2) is 4.52. The van der Waals surface area contributed by atoms with Gasteiger partial charge in [-0.3, -0.25) is 4.79 Å². The average molecular weight is 210 g/mol. The lowest BCUT2D eigenvalue weighted by Gasteiger charge is -2.06. The molecule has 0 spiro atoms. The van der Waals surface area contributed by atoms with Crippen LogP contribution in [-0.4, -0.2) is 18.5 Å². The number of fused-ring (bicyclic) bond motifs is 1. The molecule has 3 N–H and O–H groups in total. The van der Waals surface area contributed by atoms with E-state index in [1.54, 1.807) is 0 Å². The highest BCUT2D eigenvalue weighted by atomic mass is 16.2. The average Bonchev–Trinajstić information content (AvgIpc) is 2.90. The van der Waals surface area contributed by atoms with Crippen LogP contribution in [0.3, 0.4) is 0 Å². The molecule has 2 rings (SSSR count). The minimum Gasteiger partial charge on any atom is -0.356 e. The molecule has 2 saturated carbocycles. The van der Waals surface area contributed by atoms with Gasteiger partial charge in [0.1, 0.15) is 0 Å². The van der Waals surface area contributed by atoms with Crippen molar-refractivity contribution in [1.82, 2.24) is 5.32 Å². The molecule has 3 nitrogen and oxygen atoms in total. The van der Waals surface area contributed by atoms with Gasteiger partial charge < -0.3 is 11.1 Å². The standard InChI is InChI=1S/C12H22N2O/c1-8(13)6-7-14-12(15)11-9-4-2-3-5-10(9)11/h8-11H,2-7,13H2,1H3,(H,14,15). The number of hydrogen-bond donors (Lipinski definition) is 2. The van der Waals surface area contributed by atoms with E-state index in [2.05, 4.69) is 5.32 Å². The van der Waals surface area contributed by atoms with E-state index in [0.717, 1.165) is 13.0 Å². The van der Waals surface area contributed by atoms with E-state index in [1.165, 1.54) is 25.7 Å². The Kier molecular flexibility index (Phi) is 3.29. The Morgan fingerprint density at radius 1 is 1.40 bits per heavy atom. The van der Waals surface area contributed by atoms with Crippen molar-refractivity contribution in [3.8, 4) is 0 Å². The summed E-state index contributed by atoms with van der Waals surface area (Å²) in [5, 5.41) is 3.01. The molecule has 0 aromatic heterocycles. The highest BCUT2D eigenvalue weighted by Crippen LogP contribution is 2.55. The Morgan fingerprint density at radius 2 is 2.00 bits per heavy atom. The van der Waals surface area contributed by atoms with Crippen LogP contribution in [0.15, 0.2) is 0 Å². The third kappa shape index (κ3) is 2.51. The molecule has 86 valence electrons. The molecule has 3 atom stereocenters. The monoisotopic (exact) mass is 210 g/mol. The molecule has 2 fully saturated rings. The normalized spacial score (nSPS) is 35.5. The van der Waals surface area contributed by atoms with Crippen LogP contribution in [0.2, 0.25) is 0 Å². The van der Waals surface area contributed by atoms with Crippen LogP contribution in [-0.2, 0) is 4.79 Å². The zero-order valence-corrected chi connectivity index (χ0v) is 9.54. The number of nitrogens with two attached hydrogens (primary N) is 1. The van der Waals surface area contributed by atoms with Crippen LogP contribution >= 0.6 is 0 Å². The minimum absolute atomic E-state index is 0.187. The van der Waals surface area contributed by atoms with Gasteiger partial charge in [0.15, 0.2) is 0 Å². The summed E-state index contributed by atoms with van der Waals surface area (Å²) >= 11 is 0. The highest BCUT2D eigenvalue weighted by molar-refractivity contribution is 5.82. The molecule has 3 heteroatoms. The zero-order chi connectivity index (χ0) is 10.8. The van der Waals surface area contributed by atoms with Crippen LogP contribution in [0.25, 0.3) is 0 Å².